The molecule has 0 aliphatic carbocycles. The summed E-state index contributed by atoms with van der Waals surface area (Å²) in [5, 5.41) is 10.9. The summed E-state index contributed by atoms with van der Waals surface area (Å²) in [5.41, 5.74) is 2.15. The molecule has 7 nitrogen and oxygen atoms in total. The first-order valence-corrected chi connectivity index (χ1v) is 10.1. The van der Waals surface area contributed by atoms with Crippen molar-refractivity contribution in [3.8, 4) is 5.75 Å². The summed E-state index contributed by atoms with van der Waals surface area (Å²) in [5.74, 6) is 0.719. The number of rotatable bonds is 5. The molecule has 31 heavy (non-hydrogen) atoms. The van der Waals surface area contributed by atoms with Crippen LogP contribution in [0.2, 0.25) is 0 Å². The average Bonchev–Trinajstić information content (AvgIpc) is 3.09. The van der Waals surface area contributed by atoms with Crippen molar-refractivity contribution in [3.05, 3.63) is 104 Å². The van der Waals surface area contributed by atoms with E-state index in [9.17, 15) is 14.9 Å². The number of hydrogen-bond acceptors (Lipinski definition) is 5. The van der Waals surface area contributed by atoms with Gasteiger partial charge < -0.3 is 4.74 Å². The Hall–Kier alpha value is -3.78. The Morgan fingerprint density at radius 2 is 1.81 bits per heavy atom. The Morgan fingerprint density at radius 3 is 2.48 bits per heavy atom. The Kier molecular flexibility index (Phi) is 5.64. The number of ether oxygens (including phenoxy) is 1. The molecule has 0 saturated heterocycles. The van der Waals surface area contributed by atoms with E-state index in [1.54, 1.807) is 31.4 Å². The van der Waals surface area contributed by atoms with Gasteiger partial charge in [0.25, 0.3) is 11.6 Å². The maximum Gasteiger partial charge on any atom is 0.282 e. The van der Waals surface area contributed by atoms with Gasteiger partial charge in [-0.1, -0.05) is 34.1 Å². The predicted molar refractivity (Wildman–Crippen MR) is 122 cm³/mol. The lowest BCUT2D eigenvalue weighted by Crippen LogP contribution is -2.32. The van der Waals surface area contributed by atoms with Crippen molar-refractivity contribution in [2.45, 2.75) is 0 Å². The molecule has 4 rings (SSSR count). The van der Waals surface area contributed by atoms with Crippen molar-refractivity contribution in [1.82, 2.24) is 0 Å². The molecule has 3 aromatic carbocycles. The molecule has 0 fully saturated rings. The van der Waals surface area contributed by atoms with Gasteiger partial charge in [-0.15, -0.1) is 0 Å². The van der Waals surface area contributed by atoms with Gasteiger partial charge >= 0.3 is 0 Å². The van der Waals surface area contributed by atoms with Crippen molar-refractivity contribution in [1.29, 1.82) is 0 Å². The lowest BCUT2D eigenvalue weighted by Gasteiger charge is -2.20. The van der Waals surface area contributed by atoms with E-state index in [-0.39, 0.29) is 17.3 Å². The zero-order chi connectivity index (χ0) is 22.0. The van der Waals surface area contributed by atoms with Gasteiger partial charge in [0.05, 0.1) is 23.3 Å². The number of carbonyl (C=O) groups excluding carboxylic acids is 1. The average molecular weight is 478 g/mol. The number of methoxy groups -OCH3 is 1. The lowest BCUT2D eigenvalue weighted by atomic mass is 10.1. The zero-order valence-corrected chi connectivity index (χ0v) is 17.9. The minimum atomic E-state index is -0.468. The molecule has 0 saturated carbocycles. The molecule has 8 heteroatoms. The first-order chi connectivity index (χ1) is 15.0. The summed E-state index contributed by atoms with van der Waals surface area (Å²) in [6, 6.07) is 20.6. The van der Waals surface area contributed by atoms with Gasteiger partial charge in [0.15, 0.2) is 5.84 Å². The van der Waals surface area contributed by atoms with Gasteiger partial charge in [-0.2, -0.15) is 0 Å². The fourth-order valence-electron chi connectivity index (χ4n) is 3.23. The van der Waals surface area contributed by atoms with Crippen LogP contribution in [0.1, 0.15) is 11.1 Å². The van der Waals surface area contributed by atoms with E-state index in [1.807, 2.05) is 42.5 Å². The van der Waals surface area contributed by atoms with Gasteiger partial charge in [-0.3, -0.25) is 19.8 Å². The smallest absolute Gasteiger partial charge is 0.282 e. The van der Waals surface area contributed by atoms with Gasteiger partial charge in [0.1, 0.15) is 11.4 Å². The Bertz CT molecular complexity index is 1240. The number of hydrogen-bond donors (Lipinski definition) is 0. The van der Waals surface area contributed by atoms with Crippen molar-refractivity contribution >= 4 is 45.1 Å². The molecular weight excluding hydrogens is 462 g/mol. The predicted octanol–water partition coefficient (Wildman–Crippen LogP) is 5.20. The van der Waals surface area contributed by atoms with Crippen LogP contribution in [0.15, 0.2) is 88.0 Å². The van der Waals surface area contributed by atoms with Crippen molar-refractivity contribution < 1.29 is 14.5 Å². The van der Waals surface area contributed by atoms with Crippen LogP contribution in [-0.2, 0) is 4.79 Å². The summed E-state index contributed by atoms with van der Waals surface area (Å²) in [4.78, 5) is 29.9. The topological polar surface area (TPSA) is 85.0 Å². The van der Waals surface area contributed by atoms with Gasteiger partial charge in [0.2, 0.25) is 0 Å². The monoisotopic (exact) mass is 477 g/mol. The molecule has 3 aromatic rings. The van der Waals surface area contributed by atoms with Crippen LogP contribution >= 0.6 is 15.9 Å². The number of non-ortho nitro benzene ring substituents is 1. The number of nitro groups is 1. The number of benzene rings is 3. The molecule has 1 aliphatic rings. The van der Waals surface area contributed by atoms with Crippen LogP contribution in [0.5, 0.6) is 5.75 Å². The maximum atomic E-state index is 13.4. The molecule has 1 amide bonds. The van der Waals surface area contributed by atoms with E-state index < -0.39 is 4.92 Å². The molecule has 0 atom stereocenters. The third-order valence-corrected chi connectivity index (χ3v) is 5.18. The molecule has 0 radical (unpaired) electrons. The summed E-state index contributed by atoms with van der Waals surface area (Å²) in [6.07, 6.45) is 1.61. The number of carbonyl (C=O) groups is 1. The number of halogens is 1. The van der Waals surface area contributed by atoms with Gasteiger partial charge in [-0.05, 0) is 54.1 Å². The largest absolute Gasteiger partial charge is 0.496 e. The van der Waals surface area contributed by atoms with E-state index in [0.717, 1.165) is 4.47 Å². The highest BCUT2D eigenvalue weighted by molar-refractivity contribution is 9.10. The number of aliphatic imine (C=N–C) groups is 1. The first kappa shape index (κ1) is 20.5. The molecule has 0 spiro atoms. The first-order valence-electron chi connectivity index (χ1n) is 9.26. The molecular formula is C23H16BrN3O4. The van der Waals surface area contributed by atoms with Crippen LogP contribution < -0.4 is 9.64 Å². The molecule has 0 bridgehead atoms. The second-order valence-corrected chi connectivity index (χ2v) is 7.55. The second-order valence-electron chi connectivity index (χ2n) is 6.63. The quantitative estimate of drug-likeness (QED) is 0.287. The number of anilines is 1. The third-order valence-electron chi connectivity index (χ3n) is 4.68. The van der Waals surface area contributed by atoms with E-state index in [0.29, 0.717) is 28.4 Å². The van der Waals surface area contributed by atoms with Crippen LogP contribution in [0.4, 0.5) is 11.4 Å². The van der Waals surface area contributed by atoms with Crippen molar-refractivity contribution in [2.75, 3.05) is 12.0 Å². The highest BCUT2D eigenvalue weighted by Crippen LogP contribution is 2.32. The lowest BCUT2D eigenvalue weighted by molar-refractivity contribution is -0.384. The maximum absolute atomic E-state index is 13.4. The fraction of sp³-hybridized carbons (Fsp3) is 0.0435. The summed E-state index contributed by atoms with van der Waals surface area (Å²) < 4.78 is 6.30. The highest BCUT2D eigenvalue weighted by atomic mass is 79.9. The van der Waals surface area contributed by atoms with Crippen LogP contribution in [-0.4, -0.2) is 23.8 Å². The van der Waals surface area contributed by atoms with E-state index in [4.69, 9.17) is 4.74 Å². The molecule has 0 N–H and O–H groups in total. The van der Waals surface area contributed by atoms with Crippen molar-refractivity contribution in [2.24, 2.45) is 4.99 Å². The zero-order valence-electron chi connectivity index (χ0n) is 16.4. The minimum absolute atomic E-state index is 0.0196. The minimum Gasteiger partial charge on any atom is -0.496 e. The van der Waals surface area contributed by atoms with E-state index >= 15 is 0 Å². The second kappa shape index (κ2) is 8.53. The standard InChI is InChI=1S/C23H16BrN3O4/c1-31-21-8-3-2-7-19(21)22-25-20(13-15-9-11-17(12-10-15)27(29)30)23(28)26(22)18-6-4-5-16(24)14-18/h2-14H,1H3/b20-13+. The molecule has 1 heterocycles. The van der Waals surface area contributed by atoms with E-state index in [2.05, 4.69) is 20.9 Å². The normalized spacial score (nSPS) is 14.6. The molecule has 154 valence electrons. The van der Waals surface area contributed by atoms with Gasteiger partial charge in [-0.25, -0.2) is 4.99 Å². The van der Waals surface area contributed by atoms with Gasteiger partial charge in [0, 0.05) is 16.6 Å². The van der Waals surface area contributed by atoms with Crippen LogP contribution in [0.3, 0.4) is 0 Å². The van der Waals surface area contributed by atoms with E-state index in [1.165, 1.54) is 17.0 Å². The Labute approximate surface area is 186 Å². The third kappa shape index (κ3) is 4.10. The fourth-order valence-corrected chi connectivity index (χ4v) is 3.62. The number of nitro benzene ring substituents is 1. The number of nitrogens with zero attached hydrogens (tertiary/aromatic N) is 3. The summed E-state index contributed by atoms with van der Waals surface area (Å²) in [7, 11) is 1.56. The number of amides is 1. The van der Waals surface area contributed by atoms with Crippen LogP contribution in [0, 0.1) is 10.1 Å². The molecule has 1 aliphatic heterocycles. The molecule has 0 aromatic heterocycles. The number of amidine groups is 1. The summed E-state index contributed by atoms with van der Waals surface area (Å²) >= 11 is 3.45. The Morgan fingerprint density at radius 1 is 1.06 bits per heavy atom. The highest BCUT2D eigenvalue weighted by Gasteiger charge is 2.34. The number of para-hydroxylation sites is 1. The summed E-state index contributed by atoms with van der Waals surface area (Å²) in [6.45, 7) is 0. The van der Waals surface area contributed by atoms with Crippen LogP contribution in [0.25, 0.3) is 6.08 Å². The SMILES string of the molecule is COc1ccccc1C1=N/C(=C/c2ccc([N+](=O)[O-])cc2)C(=O)N1c1cccc(Br)c1. The Balaban J connectivity index is 1.83. The van der Waals surface area contributed by atoms with Crippen molar-refractivity contribution in [3.63, 3.8) is 0 Å². The molecule has 0 unspecified atom stereocenters.